The highest BCUT2D eigenvalue weighted by Crippen LogP contribution is 2.37. The van der Waals surface area contributed by atoms with Crippen LogP contribution in [0.4, 0.5) is 4.39 Å². The maximum Gasteiger partial charge on any atom is 0.336 e. The molecule has 0 saturated carbocycles. The Bertz CT molecular complexity index is 762. The Morgan fingerprint density at radius 1 is 1.48 bits per heavy atom. The molecule has 1 aromatic heterocycles. The van der Waals surface area contributed by atoms with Crippen LogP contribution in [0.5, 0.6) is 0 Å². The van der Waals surface area contributed by atoms with E-state index in [1.165, 1.54) is 12.1 Å². The van der Waals surface area contributed by atoms with Crippen molar-refractivity contribution in [3.63, 3.8) is 0 Å². The molecule has 6 heteroatoms. The van der Waals surface area contributed by atoms with E-state index in [1.54, 1.807) is 6.92 Å². The van der Waals surface area contributed by atoms with Crippen LogP contribution in [-0.2, 0) is 11.2 Å². The summed E-state index contributed by atoms with van der Waals surface area (Å²) in [4.78, 5) is 16.3. The van der Waals surface area contributed by atoms with Crippen LogP contribution in [0.1, 0.15) is 41.6 Å². The van der Waals surface area contributed by atoms with Gasteiger partial charge in [-0.25, -0.2) is 9.18 Å². The Morgan fingerprint density at radius 3 is 2.86 bits per heavy atom. The summed E-state index contributed by atoms with van der Waals surface area (Å²) in [5.41, 5.74) is 1.80. The van der Waals surface area contributed by atoms with Gasteiger partial charge in [-0.1, -0.05) is 0 Å². The predicted octanol–water partition coefficient (Wildman–Crippen LogP) is 3.86. The normalized spacial score (nSPS) is 21.3. The molecule has 0 spiro atoms. The summed E-state index contributed by atoms with van der Waals surface area (Å²) < 4.78 is 19.8. The summed E-state index contributed by atoms with van der Waals surface area (Å²) in [5.74, 6) is -1.60. The molecular weight excluding hydrogens is 341 g/mol. The number of carboxylic acid groups (broad SMARTS) is 1. The third-order valence-corrected chi connectivity index (χ3v) is 4.27. The van der Waals surface area contributed by atoms with Gasteiger partial charge in [0.1, 0.15) is 5.82 Å². The maximum atomic E-state index is 13.7. The first-order valence-electron chi connectivity index (χ1n) is 6.58. The fourth-order valence-electron chi connectivity index (χ4n) is 2.92. The van der Waals surface area contributed by atoms with Crippen LogP contribution < -0.4 is 0 Å². The molecule has 0 bridgehead atoms. The third kappa shape index (κ3) is 2.32. The summed E-state index contributed by atoms with van der Waals surface area (Å²) in [6.07, 6.45) is 0.131. The molecule has 1 aromatic carbocycles. The number of hydrogen-bond donors (Lipinski definition) is 1. The highest BCUT2D eigenvalue weighted by Gasteiger charge is 2.30. The molecule has 0 aliphatic carbocycles. The van der Waals surface area contributed by atoms with Gasteiger partial charge in [0.15, 0.2) is 0 Å². The van der Waals surface area contributed by atoms with Crippen molar-refractivity contribution in [2.75, 3.05) is 0 Å². The zero-order valence-corrected chi connectivity index (χ0v) is 13.1. The molecule has 2 unspecified atom stereocenters. The smallest absolute Gasteiger partial charge is 0.336 e. The van der Waals surface area contributed by atoms with Crippen molar-refractivity contribution in [3.05, 3.63) is 39.2 Å². The van der Waals surface area contributed by atoms with Crippen molar-refractivity contribution in [3.8, 4) is 0 Å². The lowest BCUT2D eigenvalue weighted by atomic mass is 9.92. The van der Waals surface area contributed by atoms with E-state index in [4.69, 9.17) is 4.74 Å². The molecule has 110 valence electrons. The lowest BCUT2D eigenvalue weighted by Gasteiger charge is -2.29. The summed E-state index contributed by atoms with van der Waals surface area (Å²) in [6, 6.07) is 2.50. The number of benzene rings is 1. The van der Waals surface area contributed by atoms with Gasteiger partial charge < -0.3 is 9.84 Å². The van der Waals surface area contributed by atoms with Crippen LogP contribution in [0, 0.1) is 5.82 Å². The molecule has 3 rings (SSSR count). The van der Waals surface area contributed by atoms with E-state index in [2.05, 4.69) is 20.9 Å². The van der Waals surface area contributed by atoms with Gasteiger partial charge in [0.25, 0.3) is 0 Å². The highest BCUT2D eigenvalue weighted by molar-refractivity contribution is 9.10. The minimum absolute atomic E-state index is 0.0293. The number of aromatic carboxylic acids is 1. The second-order valence-electron chi connectivity index (χ2n) is 5.23. The first-order valence-corrected chi connectivity index (χ1v) is 7.38. The van der Waals surface area contributed by atoms with Gasteiger partial charge in [-0.2, -0.15) is 0 Å². The molecule has 2 atom stereocenters. The number of halogens is 2. The van der Waals surface area contributed by atoms with Crippen molar-refractivity contribution in [1.82, 2.24) is 4.98 Å². The average molecular weight is 354 g/mol. The molecule has 1 N–H and O–H groups in total. The zero-order valence-electron chi connectivity index (χ0n) is 11.5. The zero-order chi connectivity index (χ0) is 15.3. The van der Waals surface area contributed by atoms with E-state index in [9.17, 15) is 14.3 Å². The Hall–Kier alpha value is -1.53. The standard InChI is InChI=1S/C15H13BrFNO3/c1-6-3-11-12(7(2)21-6)13(15(19)20)9-4-8(17)5-10(16)14(9)18-11/h4-7H,3H2,1-2H3,(H,19,20). The number of aromatic nitrogens is 1. The van der Waals surface area contributed by atoms with E-state index in [-0.39, 0.29) is 23.2 Å². The molecule has 2 heterocycles. The first kappa shape index (κ1) is 14.4. The molecule has 4 nitrogen and oxygen atoms in total. The monoisotopic (exact) mass is 353 g/mol. The molecule has 0 saturated heterocycles. The summed E-state index contributed by atoms with van der Waals surface area (Å²) >= 11 is 3.26. The van der Waals surface area contributed by atoms with Gasteiger partial charge in [-0.15, -0.1) is 0 Å². The quantitative estimate of drug-likeness (QED) is 0.845. The maximum absolute atomic E-state index is 13.7. The van der Waals surface area contributed by atoms with Crippen molar-refractivity contribution < 1.29 is 19.0 Å². The minimum Gasteiger partial charge on any atom is -0.478 e. The van der Waals surface area contributed by atoms with Crippen molar-refractivity contribution in [1.29, 1.82) is 0 Å². The Morgan fingerprint density at radius 2 is 2.19 bits per heavy atom. The molecule has 21 heavy (non-hydrogen) atoms. The Kier molecular flexibility index (Phi) is 3.45. The molecule has 0 radical (unpaired) electrons. The first-order chi connectivity index (χ1) is 9.88. The lowest BCUT2D eigenvalue weighted by molar-refractivity contribution is -0.00662. The minimum atomic E-state index is -1.10. The number of carbonyl (C=O) groups is 1. The van der Waals surface area contributed by atoms with E-state index >= 15 is 0 Å². The van der Waals surface area contributed by atoms with E-state index in [0.29, 0.717) is 27.7 Å². The number of ether oxygens (including phenoxy) is 1. The van der Waals surface area contributed by atoms with Crippen LogP contribution in [0.3, 0.4) is 0 Å². The largest absolute Gasteiger partial charge is 0.478 e. The summed E-state index contributed by atoms with van der Waals surface area (Å²) in [7, 11) is 0. The summed E-state index contributed by atoms with van der Waals surface area (Å²) in [6.45, 7) is 3.72. The molecule has 2 aromatic rings. The van der Waals surface area contributed by atoms with Crippen LogP contribution >= 0.6 is 15.9 Å². The summed E-state index contributed by atoms with van der Waals surface area (Å²) in [5, 5.41) is 9.87. The van der Waals surface area contributed by atoms with Gasteiger partial charge in [0, 0.05) is 21.8 Å². The van der Waals surface area contributed by atoms with Gasteiger partial charge in [0.05, 0.1) is 29.0 Å². The fraction of sp³-hybridized carbons (Fsp3) is 0.333. The molecular formula is C15H13BrFNO3. The second-order valence-corrected chi connectivity index (χ2v) is 6.08. The average Bonchev–Trinajstić information content (AvgIpc) is 2.36. The number of carboxylic acids is 1. The van der Waals surface area contributed by atoms with Crippen LogP contribution in [-0.4, -0.2) is 22.2 Å². The topological polar surface area (TPSA) is 59.4 Å². The molecule has 1 aliphatic rings. The Labute approximate surface area is 129 Å². The number of rotatable bonds is 1. The third-order valence-electron chi connectivity index (χ3n) is 3.66. The fourth-order valence-corrected chi connectivity index (χ4v) is 3.44. The molecule has 0 amide bonds. The van der Waals surface area contributed by atoms with Crippen molar-refractivity contribution in [2.45, 2.75) is 32.5 Å². The number of hydrogen-bond acceptors (Lipinski definition) is 3. The predicted molar refractivity (Wildman–Crippen MR) is 79.0 cm³/mol. The van der Waals surface area contributed by atoms with E-state index in [0.717, 1.165) is 0 Å². The van der Waals surface area contributed by atoms with Crippen LogP contribution in [0.15, 0.2) is 16.6 Å². The number of nitrogens with zero attached hydrogens (tertiary/aromatic N) is 1. The Balaban J connectivity index is 2.45. The van der Waals surface area contributed by atoms with E-state index in [1.807, 2.05) is 6.92 Å². The second kappa shape index (κ2) is 5.03. The molecule has 0 fully saturated rings. The van der Waals surface area contributed by atoms with Gasteiger partial charge in [-0.3, -0.25) is 4.98 Å². The van der Waals surface area contributed by atoms with Crippen LogP contribution in [0.25, 0.3) is 10.9 Å². The van der Waals surface area contributed by atoms with Gasteiger partial charge in [-0.05, 0) is 41.9 Å². The lowest BCUT2D eigenvalue weighted by Crippen LogP contribution is -2.26. The number of pyridine rings is 1. The molecule has 1 aliphatic heterocycles. The highest BCUT2D eigenvalue weighted by atomic mass is 79.9. The van der Waals surface area contributed by atoms with Crippen molar-refractivity contribution in [2.24, 2.45) is 0 Å². The number of fused-ring (bicyclic) bond motifs is 2. The van der Waals surface area contributed by atoms with E-state index < -0.39 is 11.8 Å². The van der Waals surface area contributed by atoms with Gasteiger partial charge in [0.2, 0.25) is 0 Å². The van der Waals surface area contributed by atoms with Crippen molar-refractivity contribution >= 4 is 32.8 Å². The van der Waals surface area contributed by atoms with Gasteiger partial charge >= 0.3 is 5.97 Å². The SMILES string of the molecule is CC1Cc2nc3c(Br)cc(F)cc3c(C(=O)O)c2C(C)O1. The van der Waals surface area contributed by atoms with Crippen LogP contribution in [0.2, 0.25) is 0 Å².